The van der Waals surface area contributed by atoms with Crippen molar-refractivity contribution in [1.82, 2.24) is 10.2 Å². The maximum atomic E-state index is 10.5. The van der Waals surface area contributed by atoms with E-state index in [2.05, 4.69) is 10.2 Å². The molecule has 1 heterocycles. The average Bonchev–Trinajstić information content (AvgIpc) is 2.12. The minimum Gasteiger partial charge on any atom is -0.383 e. The van der Waals surface area contributed by atoms with Crippen LogP contribution in [0.25, 0.3) is 0 Å². The molecule has 0 bridgehead atoms. The molecule has 0 unspecified atom stereocenters. The van der Waals surface area contributed by atoms with Crippen LogP contribution in [0.5, 0.6) is 0 Å². The normalized spacial score (nSPS) is 8.78. The third-order valence-corrected chi connectivity index (χ3v) is 0.919. The quantitative estimate of drug-likeness (QED) is 0.420. The largest absolute Gasteiger partial charge is 0.383 e. The number of nitriles is 1. The van der Waals surface area contributed by atoms with Crippen LogP contribution in [0.4, 0.5) is 5.82 Å². The molecular weight excluding hydrogens is 120 g/mol. The number of hydrogen-bond donors (Lipinski definition) is 3. The second kappa shape index (κ2) is 1.67. The molecule has 0 spiro atoms. The molecule has 0 aliphatic rings. The molecule has 4 N–H and O–H groups in total. The van der Waals surface area contributed by atoms with Gasteiger partial charge in [0.2, 0.25) is 0 Å². The first-order valence-electron chi connectivity index (χ1n) is 2.22. The summed E-state index contributed by atoms with van der Waals surface area (Å²) in [6, 6.07) is 1.64. The minimum absolute atomic E-state index is 0.0602. The number of H-pyrrole nitrogens is 2. The highest BCUT2D eigenvalue weighted by molar-refractivity contribution is 5.45. The number of anilines is 1. The summed E-state index contributed by atoms with van der Waals surface area (Å²) in [6.07, 6.45) is 0. The first-order chi connectivity index (χ1) is 4.25. The van der Waals surface area contributed by atoms with Gasteiger partial charge in [-0.3, -0.25) is 15.0 Å². The van der Waals surface area contributed by atoms with Crippen LogP contribution >= 0.6 is 0 Å². The Kier molecular flexibility index (Phi) is 1.01. The summed E-state index contributed by atoms with van der Waals surface area (Å²) in [5.41, 5.74) is 4.61. The number of aromatic nitrogens is 2. The van der Waals surface area contributed by atoms with Gasteiger partial charge in [-0.25, -0.2) is 0 Å². The Labute approximate surface area is 50.1 Å². The predicted octanol–water partition coefficient (Wildman–Crippen LogP) is -0.843. The summed E-state index contributed by atoms with van der Waals surface area (Å²) in [5, 5.41) is 12.7. The first-order valence-corrected chi connectivity index (χ1v) is 2.22. The van der Waals surface area contributed by atoms with Crippen LogP contribution in [0.3, 0.4) is 0 Å². The molecule has 0 aliphatic carbocycles. The van der Waals surface area contributed by atoms with Gasteiger partial charge in [-0.1, -0.05) is 0 Å². The molecule has 5 heteroatoms. The Morgan fingerprint density at radius 2 is 2.22 bits per heavy atom. The van der Waals surface area contributed by atoms with Crippen molar-refractivity contribution in [2.24, 2.45) is 0 Å². The molecule has 0 radical (unpaired) electrons. The molecule has 46 valence electrons. The fourth-order valence-electron chi connectivity index (χ4n) is 0.482. The zero-order chi connectivity index (χ0) is 6.85. The molecule has 0 atom stereocenters. The molecule has 1 rings (SSSR count). The van der Waals surface area contributed by atoms with Gasteiger partial charge in [0.1, 0.15) is 11.9 Å². The van der Waals surface area contributed by atoms with Gasteiger partial charge in [-0.05, 0) is 0 Å². The van der Waals surface area contributed by atoms with Crippen molar-refractivity contribution >= 4 is 5.82 Å². The predicted molar refractivity (Wildman–Crippen MR) is 30.5 cm³/mol. The molecular formula is C4H4N4O. The van der Waals surface area contributed by atoms with E-state index in [1.807, 2.05) is 0 Å². The van der Waals surface area contributed by atoms with Crippen molar-refractivity contribution in [2.75, 3.05) is 5.73 Å². The standard InChI is InChI=1S/C4H4N4O/c5-1-2-3(6)7-8-4(2)9/h(H4,6,7,8,9). The van der Waals surface area contributed by atoms with Gasteiger partial charge in [0.15, 0.2) is 5.56 Å². The van der Waals surface area contributed by atoms with Crippen LogP contribution in [-0.4, -0.2) is 10.2 Å². The molecule has 9 heavy (non-hydrogen) atoms. The van der Waals surface area contributed by atoms with E-state index in [4.69, 9.17) is 11.0 Å². The highest BCUT2D eigenvalue weighted by atomic mass is 16.1. The number of rotatable bonds is 0. The Morgan fingerprint density at radius 3 is 2.44 bits per heavy atom. The van der Waals surface area contributed by atoms with E-state index in [0.29, 0.717) is 0 Å². The monoisotopic (exact) mass is 124 g/mol. The second-order valence-electron chi connectivity index (χ2n) is 1.48. The molecule has 0 amide bonds. The zero-order valence-electron chi connectivity index (χ0n) is 4.43. The van der Waals surface area contributed by atoms with E-state index in [0.717, 1.165) is 0 Å². The molecule has 1 aromatic heterocycles. The molecule has 0 saturated heterocycles. The summed E-state index contributed by atoms with van der Waals surface area (Å²) in [4.78, 5) is 10.5. The second-order valence-corrected chi connectivity index (χ2v) is 1.48. The summed E-state index contributed by atoms with van der Waals surface area (Å²) in [7, 11) is 0. The molecule has 0 aromatic carbocycles. The van der Waals surface area contributed by atoms with Crippen molar-refractivity contribution in [1.29, 1.82) is 5.26 Å². The molecule has 0 saturated carbocycles. The molecule has 1 aromatic rings. The number of hydrogen-bond acceptors (Lipinski definition) is 3. The minimum atomic E-state index is -0.477. The molecule has 0 fully saturated rings. The highest BCUT2D eigenvalue weighted by Crippen LogP contribution is 1.95. The zero-order valence-corrected chi connectivity index (χ0v) is 4.43. The topological polar surface area (TPSA) is 98.5 Å². The van der Waals surface area contributed by atoms with Gasteiger partial charge in [0.25, 0.3) is 5.56 Å². The van der Waals surface area contributed by atoms with Crippen molar-refractivity contribution in [2.45, 2.75) is 0 Å². The van der Waals surface area contributed by atoms with E-state index in [1.54, 1.807) is 6.07 Å². The van der Waals surface area contributed by atoms with Crippen LogP contribution < -0.4 is 11.3 Å². The number of nitrogen functional groups attached to an aromatic ring is 1. The Morgan fingerprint density at radius 1 is 1.56 bits per heavy atom. The lowest BCUT2D eigenvalue weighted by Gasteiger charge is -1.77. The summed E-state index contributed by atoms with van der Waals surface area (Å²) >= 11 is 0. The fourth-order valence-corrected chi connectivity index (χ4v) is 0.482. The van der Waals surface area contributed by atoms with Gasteiger partial charge in [0.05, 0.1) is 0 Å². The van der Waals surface area contributed by atoms with E-state index in [9.17, 15) is 4.79 Å². The summed E-state index contributed by atoms with van der Waals surface area (Å²) < 4.78 is 0. The maximum absolute atomic E-state index is 10.5. The third-order valence-electron chi connectivity index (χ3n) is 0.919. The van der Waals surface area contributed by atoms with E-state index >= 15 is 0 Å². The summed E-state index contributed by atoms with van der Waals surface area (Å²) in [6.45, 7) is 0. The lowest BCUT2D eigenvalue weighted by molar-refractivity contribution is 1.06. The van der Waals surface area contributed by atoms with Crippen molar-refractivity contribution < 1.29 is 0 Å². The van der Waals surface area contributed by atoms with Crippen molar-refractivity contribution in [3.05, 3.63) is 15.9 Å². The van der Waals surface area contributed by atoms with Crippen molar-refractivity contribution in [3.63, 3.8) is 0 Å². The van der Waals surface area contributed by atoms with Gasteiger partial charge < -0.3 is 5.73 Å². The van der Waals surface area contributed by atoms with Gasteiger partial charge >= 0.3 is 0 Å². The Bertz CT molecular complexity index is 301. The van der Waals surface area contributed by atoms with Crippen LogP contribution in [0.1, 0.15) is 5.56 Å². The number of nitrogens with one attached hydrogen (secondary N) is 2. The maximum Gasteiger partial charge on any atom is 0.284 e. The number of aromatic amines is 2. The smallest absolute Gasteiger partial charge is 0.284 e. The summed E-state index contributed by atoms with van der Waals surface area (Å²) in [5.74, 6) is 0.0856. The lowest BCUT2D eigenvalue weighted by Crippen LogP contribution is -2.02. The van der Waals surface area contributed by atoms with Crippen LogP contribution in [0, 0.1) is 11.3 Å². The molecule has 0 aliphatic heterocycles. The lowest BCUT2D eigenvalue weighted by atomic mass is 10.4. The average molecular weight is 124 g/mol. The van der Waals surface area contributed by atoms with E-state index in [-0.39, 0.29) is 11.4 Å². The van der Waals surface area contributed by atoms with Crippen LogP contribution in [0.2, 0.25) is 0 Å². The first kappa shape index (κ1) is 5.44. The van der Waals surface area contributed by atoms with Gasteiger partial charge in [-0.2, -0.15) is 5.26 Å². The number of nitrogens with two attached hydrogens (primary N) is 1. The molecule has 5 nitrogen and oxygen atoms in total. The highest BCUT2D eigenvalue weighted by Gasteiger charge is 2.02. The van der Waals surface area contributed by atoms with Crippen LogP contribution in [-0.2, 0) is 0 Å². The van der Waals surface area contributed by atoms with Gasteiger partial charge in [-0.15, -0.1) is 0 Å². The van der Waals surface area contributed by atoms with Crippen molar-refractivity contribution in [3.8, 4) is 6.07 Å². The Balaban J connectivity index is 3.46. The van der Waals surface area contributed by atoms with E-state index in [1.165, 1.54) is 0 Å². The van der Waals surface area contributed by atoms with E-state index < -0.39 is 5.56 Å². The SMILES string of the molecule is N#Cc1c(N)[nH][nH]c1=O. The Hall–Kier alpha value is -1.70. The number of nitrogens with zero attached hydrogens (tertiary/aromatic N) is 1. The van der Waals surface area contributed by atoms with Gasteiger partial charge in [0, 0.05) is 0 Å². The fraction of sp³-hybridized carbons (Fsp3) is 0. The van der Waals surface area contributed by atoms with Crippen LogP contribution in [0.15, 0.2) is 4.79 Å². The third kappa shape index (κ3) is 0.659.